The van der Waals surface area contributed by atoms with Crippen molar-refractivity contribution in [2.75, 3.05) is 27.2 Å². The lowest BCUT2D eigenvalue weighted by molar-refractivity contribution is -0.121. The Morgan fingerprint density at radius 1 is 0.953 bits per heavy atom. The van der Waals surface area contributed by atoms with Crippen LogP contribution in [0.5, 0.6) is 0 Å². The van der Waals surface area contributed by atoms with Crippen LogP contribution in [0.25, 0.3) is 21.8 Å². The van der Waals surface area contributed by atoms with Crippen LogP contribution in [0.4, 0.5) is 0 Å². The molecule has 1 N–H and O–H groups in total. The summed E-state index contributed by atoms with van der Waals surface area (Å²) in [4.78, 5) is 44.3. The first kappa shape index (κ1) is 30.7. The summed E-state index contributed by atoms with van der Waals surface area (Å²) in [5.41, 5.74) is 4.96. The van der Waals surface area contributed by atoms with Crippen LogP contribution in [0.3, 0.4) is 0 Å². The molecule has 5 rings (SSSR count). The van der Waals surface area contributed by atoms with Gasteiger partial charge in [-0.1, -0.05) is 68.2 Å². The molecule has 0 spiro atoms. The molecule has 43 heavy (non-hydrogen) atoms. The lowest BCUT2D eigenvalue weighted by Gasteiger charge is -2.17. The number of aromatic nitrogens is 1. The molecule has 0 fully saturated rings. The van der Waals surface area contributed by atoms with Crippen LogP contribution in [0.1, 0.15) is 43.8 Å². The second-order valence-electron chi connectivity index (χ2n) is 12.9. The summed E-state index contributed by atoms with van der Waals surface area (Å²) < 4.78 is 8.37. The van der Waals surface area contributed by atoms with E-state index in [1.807, 2.05) is 80.5 Å². The zero-order valence-electron chi connectivity index (χ0n) is 26.1. The highest BCUT2D eigenvalue weighted by Gasteiger charge is 2.41. The van der Waals surface area contributed by atoms with Crippen molar-refractivity contribution in [2.45, 2.75) is 58.9 Å². The van der Waals surface area contributed by atoms with Gasteiger partial charge in [0.15, 0.2) is 0 Å². The van der Waals surface area contributed by atoms with Gasteiger partial charge in [-0.25, -0.2) is 0 Å². The third kappa shape index (κ3) is 6.29. The molecule has 0 unspecified atom stereocenters. The summed E-state index contributed by atoms with van der Waals surface area (Å²) in [7, 11) is 2.57. The number of para-hydroxylation sites is 1. The third-order valence-corrected chi connectivity index (χ3v) is 9.83. The van der Waals surface area contributed by atoms with Crippen LogP contribution in [0.15, 0.2) is 54.6 Å². The summed E-state index contributed by atoms with van der Waals surface area (Å²) >= 11 is 0. The third-order valence-electron chi connectivity index (χ3n) is 8.12. The van der Waals surface area contributed by atoms with E-state index in [-0.39, 0.29) is 30.8 Å². The van der Waals surface area contributed by atoms with E-state index in [1.165, 1.54) is 4.90 Å². The highest BCUT2D eigenvalue weighted by Crippen LogP contribution is 2.41. The largest absolute Gasteiger partial charge is 0.361 e. The van der Waals surface area contributed by atoms with Crippen molar-refractivity contribution >= 4 is 47.6 Å². The van der Waals surface area contributed by atoms with Crippen molar-refractivity contribution in [1.82, 2.24) is 19.7 Å². The Morgan fingerprint density at radius 3 is 2.33 bits per heavy atom. The van der Waals surface area contributed by atoms with Crippen LogP contribution < -0.4 is 5.32 Å². The summed E-state index contributed by atoms with van der Waals surface area (Å²) in [6.45, 7) is 10.8. The second kappa shape index (κ2) is 12.4. The minimum atomic E-state index is -1.28. The molecule has 0 bridgehead atoms. The first-order chi connectivity index (χ1) is 20.5. The molecular formula is C34H42N4O4Si. The molecule has 226 valence electrons. The predicted molar refractivity (Wildman–Crippen MR) is 174 cm³/mol. The van der Waals surface area contributed by atoms with Gasteiger partial charge in [0.1, 0.15) is 6.73 Å². The summed E-state index contributed by atoms with van der Waals surface area (Å²) in [6, 6.07) is 18.7. The first-order valence-electron chi connectivity index (χ1n) is 14.9. The molecule has 0 radical (unpaired) electrons. The van der Waals surface area contributed by atoms with E-state index in [1.54, 1.807) is 0 Å². The minimum absolute atomic E-state index is 0.104. The number of nitrogens with zero attached hydrogens (tertiary/aromatic N) is 3. The van der Waals surface area contributed by atoms with Crippen molar-refractivity contribution in [1.29, 1.82) is 0 Å². The van der Waals surface area contributed by atoms with Crippen LogP contribution in [0.2, 0.25) is 25.7 Å². The van der Waals surface area contributed by atoms with E-state index in [0.717, 1.165) is 39.0 Å². The normalized spacial score (nSPS) is 13.5. The number of benzene rings is 3. The average Bonchev–Trinajstić information content (AvgIpc) is 3.42. The molecule has 1 aliphatic rings. The van der Waals surface area contributed by atoms with Crippen molar-refractivity contribution in [3.63, 3.8) is 0 Å². The highest BCUT2D eigenvalue weighted by molar-refractivity contribution is 6.76. The van der Waals surface area contributed by atoms with Gasteiger partial charge >= 0.3 is 0 Å². The number of carbonyl (C=O) groups is 3. The summed E-state index contributed by atoms with van der Waals surface area (Å²) in [5, 5.41) is 4.91. The molecule has 0 saturated carbocycles. The molecule has 3 amide bonds. The Morgan fingerprint density at radius 2 is 1.63 bits per heavy atom. The standard InChI is InChI=1S/C34H42N4O4Si/c1-23-29-31(34(41)37(33(29)40)21-24-12-8-7-9-13-24)26(20-35-28(39)16-17-36(2)3)30-25-14-10-11-15-27(25)38(32(23)30)22-42-18-19-43(4,5)6/h7-15H,16-22H2,1-6H3,(H,35,39). The number of aryl methyl sites for hydroxylation is 1. The highest BCUT2D eigenvalue weighted by atomic mass is 28.3. The van der Waals surface area contributed by atoms with E-state index >= 15 is 0 Å². The topological polar surface area (TPSA) is 83.9 Å². The van der Waals surface area contributed by atoms with Crippen molar-refractivity contribution < 1.29 is 19.1 Å². The van der Waals surface area contributed by atoms with Gasteiger partial charge in [-0.2, -0.15) is 0 Å². The minimum Gasteiger partial charge on any atom is -0.361 e. The lowest BCUT2D eigenvalue weighted by atomic mass is 9.92. The van der Waals surface area contributed by atoms with Crippen molar-refractivity contribution in [3.8, 4) is 0 Å². The molecule has 1 aromatic heterocycles. The Bertz CT molecular complexity index is 1690. The van der Waals surface area contributed by atoms with E-state index in [4.69, 9.17) is 4.74 Å². The number of hydrogen-bond donors (Lipinski definition) is 1. The Hall–Kier alpha value is -3.79. The maximum atomic E-state index is 14.1. The Labute approximate surface area is 254 Å². The van der Waals surface area contributed by atoms with Crippen LogP contribution in [0, 0.1) is 6.92 Å². The van der Waals surface area contributed by atoms with Gasteiger partial charge in [-0.05, 0) is 49.8 Å². The molecule has 3 aromatic carbocycles. The number of nitrogens with one attached hydrogen (secondary N) is 1. The van der Waals surface area contributed by atoms with Crippen molar-refractivity contribution in [3.05, 3.63) is 82.4 Å². The molecule has 2 heterocycles. The number of rotatable bonds is 12. The fourth-order valence-corrected chi connectivity index (χ4v) is 6.56. The van der Waals surface area contributed by atoms with Crippen LogP contribution >= 0.6 is 0 Å². The fraction of sp³-hybridized carbons (Fsp3) is 0.382. The molecule has 0 aliphatic carbocycles. The van der Waals surface area contributed by atoms with Gasteiger partial charge in [-0.15, -0.1) is 0 Å². The van der Waals surface area contributed by atoms with Gasteiger partial charge in [0, 0.05) is 45.0 Å². The maximum absolute atomic E-state index is 14.1. The van der Waals surface area contributed by atoms with E-state index in [9.17, 15) is 14.4 Å². The van der Waals surface area contributed by atoms with Gasteiger partial charge in [0.05, 0.1) is 28.7 Å². The zero-order valence-corrected chi connectivity index (χ0v) is 27.1. The second-order valence-corrected chi connectivity index (χ2v) is 18.5. The number of carbonyl (C=O) groups excluding carboxylic acids is 3. The fourth-order valence-electron chi connectivity index (χ4n) is 5.80. The van der Waals surface area contributed by atoms with Gasteiger partial charge < -0.3 is 19.5 Å². The van der Waals surface area contributed by atoms with Crippen LogP contribution in [-0.2, 0) is 29.4 Å². The van der Waals surface area contributed by atoms with Crippen LogP contribution in [-0.4, -0.2) is 67.4 Å². The molecule has 0 saturated heterocycles. The Balaban J connectivity index is 1.65. The quantitative estimate of drug-likeness (QED) is 0.127. The molecule has 9 heteroatoms. The smallest absolute Gasteiger partial charge is 0.262 e. The SMILES string of the molecule is Cc1c2c(c(CNC(=O)CCN(C)C)c3c4ccccc4n(COCC[Si](C)(C)C)c13)C(=O)N(Cc1ccccc1)C2=O. The van der Waals surface area contributed by atoms with E-state index in [0.29, 0.717) is 43.0 Å². The molecule has 4 aromatic rings. The van der Waals surface area contributed by atoms with E-state index in [2.05, 4.69) is 29.5 Å². The molecule has 8 nitrogen and oxygen atoms in total. The number of imide groups is 1. The number of amides is 3. The van der Waals surface area contributed by atoms with Crippen molar-refractivity contribution in [2.24, 2.45) is 0 Å². The molecular weight excluding hydrogens is 556 g/mol. The Kier molecular flexibility index (Phi) is 8.87. The van der Waals surface area contributed by atoms with Gasteiger partial charge in [0.2, 0.25) is 5.91 Å². The molecule has 0 atom stereocenters. The van der Waals surface area contributed by atoms with Gasteiger partial charge in [0.25, 0.3) is 11.8 Å². The lowest BCUT2D eigenvalue weighted by Crippen LogP contribution is -2.30. The number of hydrogen-bond acceptors (Lipinski definition) is 5. The number of ether oxygens (including phenoxy) is 1. The van der Waals surface area contributed by atoms with Gasteiger partial charge in [-0.3, -0.25) is 19.3 Å². The predicted octanol–water partition coefficient (Wildman–Crippen LogP) is 5.78. The first-order valence-corrected chi connectivity index (χ1v) is 18.6. The average molecular weight is 599 g/mol. The monoisotopic (exact) mass is 598 g/mol. The van der Waals surface area contributed by atoms with E-state index < -0.39 is 8.07 Å². The summed E-state index contributed by atoms with van der Waals surface area (Å²) in [6.07, 6.45) is 0.337. The maximum Gasteiger partial charge on any atom is 0.262 e. The zero-order chi connectivity index (χ0) is 30.9. The number of fused-ring (bicyclic) bond motifs is 4. The summed E-state index contributed by atoms with van der Waals surface area (Å²) in [5.74, 6) is -0.734. The molecule has 1 aliphatic heterocycles.